The lowest BCUT2D eigenvalue weighted by atomic mass is 9.74. The topological polar surface area (TPSA) is 84.2 Å². The van der Waals surface area contributed by atoms with Crippen LogP contribution in [0.2, 0.25) is 0 Å². The van der Waals surface area contributed by atoms with E-state index in [4.69, 9.17) is 5.11 Å². The zero-order valence-electron chi connectivity index (χ0n) is 13.9. The number of carbonyl (C=O) groups excluding carboxylic acids is 1. The van der Waals surface area contributed by atoms with Crippen LogP contribution in [-0.2, 0) is 4.79 Å². The first-order valence-electron chi connectivity index (χ1n) is 8.07. The highest BCUT2D eigenvalue weighted by Gasteiger charge is 2.40. The summed E-state index contributed by atoms with van der Waals surface area (Å²) in [5.74, 6) is -1.21. The smallest absolute Gasteiger partial charge is 0.305 e. The number of rotatable bonds is 5. The molecular weight excluding hydrogens is 306 g/mol. The van der Waals surface area contributed by atoms with E-state index in [1.807, 2.05) is 38.1 Å². The molecule has 2 aromatic rings. The maximum absolute atomic E-state index is 12.5. The quantitative estimate of drug-likeness (QED) is 0.884. The predicted molar refractivity (Wildman–Crippen MR) is 89.3 cm³/mol. The van der Waals surface area contributed by atoms with Gasteiger partial charge in [0.15, 0.2) is 5.69 Å². The molecule has 1 amide bonds. The Bertz CT molecular complexity index is 773. The zero-order valence-corrected chi connectivity index (χ0v) is 13.9. The second kappa shape index (κ2) is 6.11. The van der Waals surface area contributed by atoms with Crippen molar-refractivity contribution < 1.29 is 14.7 Å². The van der Waals surface area contributed by atoms with Gasteiger partial charge in [0.2, 0.25) is 0 Å². The Labute approximate surface area is 140 Å². The third-order valence-electron chi connectivity index (χ3n) is 4.58. The molecule has 6 nitrogen and oxygen atoms in total. The van der Waals surface area contributed by atoms with Gasteiger partial charge in [-0.25, -0.2) is 4.68 Å². The number of carbonyl (C=O) groups is 2. The minimum absolute atomic E-state index is 0.0452. The van der Waals surface area contributed by atoms with Crippen molar-refractivity contribution in [1.82, 2.24) is 15.1 Å². The number of hydrogen-bond donors (Lipinski definition) is 2. The molecule has 0 radical (unpaired) electrons. The Balaban J connectivity index is 1.80. The summed E-state index contributed by atoms with van der Waals surface area (Å²) in [6.07, 6.45) is 2.28. The molecule has 1 heterocycles. The minimum atomic E-state index is -0.892. The number of aryl methyl sites for hydroxylation is 2. The molecule has 0 aliphatic heterocycles. The number of carboxylic acids is 1. The van der Waals surface area contributed by atoms with Gasteiger partial charge in [0, 0.05) is 5.69 Å². The molecule has 2 N–H and O–H groups in total. The van der Waals surface area contributed by atoms with E-state index in [9.17, 15) is 9.59 Å². The fraction of sp³-hybridized carbons (Fsp3) is 0.389. The van der Waals surface area contributed by atoms with E-state index in [-0.39, 0.29) is 12.3 Å². The number of nitrogens with zero attached hydrogens (tertiary/aromatic N) is 2. The number of benzene rings is 1. The highest BCUT2D eigenvalue weighted by atomic mass is 16.4. The van der Waals surface area contributed by atoms with Crippen molar-refractivity contribution in [2.45, 2.75) is 45.1 Å². The molecule has 126 valence electrons. The fourth-order valence-corrected chi connectivity index (χ4v) is 3.08. The van der Waals surface area contributed by atoms with Crippen molar-refractivity contribution in [3.8, 4) is 5.69 Å². The standard InChI is InChI=1S/C18H21N3O3/c1-12-4-6-14(7-5-12)21-13(2)10-15(20-21)17(24)19-18(8-3-9-18)11-16(22)23/h4-7,10H,3,8-9,11H2,1-2H3,(H,19,24)(H,22,23). The van der Waals surface area contributed by atoms with Crippen molar-refractivity contribution in [3.05, 3.63) is 47.3 Å². The van der Waals surface area contributed by atoms with Crippen molar-refractivity contribution in [2.24, 2.45) is 0 Å². The first-order valence-corrected chi connectivity index (χ1v) is 8.07. The molecule has 3 rings (SSSR count). The lowest BCUT2D eigenvalue weighted by Crippen LogP contribution is -2.54. The molecular formula is C18H21N3O3. The van der Waals surface area contributed by atoms with Crippen molar-refractivity contribution in [3.63, 3.8) is 0 Å². The largest absolute Gasteiger partial charge is 0.481 e. The van der Waals surface area contributed by atoms with Crippen molar-refractivity contribution in [1.29, 1.82) is 0 Å². The van der Waals surface area contributed by atoms with Crippen molar-refractivity contribution in [2.75, 3.05) is 0 Å². The average molecular weight is 327 g/mol. The van der Waals surface area contributed by atoms with Crippen LogP contribution in [-0.4, -0.2) is 32.3 Å². The van der Waals surface area contributed by atoms with Crippen LogP contribution >= 0.6 is 0 Å². The zero-order chi connectivity index (χ0) is 17.3. The minimum Gasteiger partial charge on any atom is -0.481 e. The molecule has 1 saturated carbocycles. The van der Waals surface area contributed by atoms with Crippen LogP contribution in [0, 0.1) is 13.8 Å². The normalized spacial score (nSPS) is 15.6. The molecule has 1 aliphatic rings. The lowest BCUT2D eigenvalue weighted by molar-refractivity contribution is -0.139. The first-order chi connectivity index (χ1) is 11.4. The Morgan fingerprint density at radius 2 is 1.92 bits per heavy atom. The number of aromatic nitrogens is 2. The Kier molecular flexibility index (Phi) is 4.13. The van der Waals surface area contributed by atoms with Crippen LogP contribution in [0.15, 0.2) is 30.3 Å². The SMILES string of the molecule is Cc1ccc(-n2nc(C(=O)NC3(CC(=O)O)CCC3)cc2C)cc1. The summed E-state index contributed by atoms with van der Waals surface area (Å²) in [4.78, 5) is 23.5. The molecule has 0 atom stereocenters. The molecule has 1 aromatic carbocycles. The van der Waals surface area contributed by atoms with Gasteiger partial charge in [0.05, 0.1) is 17.6 Å². The van der Waals surface area contributed by atoms with E-state index < -0.39 is 11.5 Å². The van der Waals surface area contributed by atoms with Gasteiger partial charge in [-0.05, 0) is 51.3 Å². The van der Waals surface area contributed by atoms with Crippen LogP contribution in [0.25, 0.3) is 5.69 Å². The molecule has 1 aromatic heterocycles. The van der Waals surface area contributed by atoms with Gasteiger partial charge in [0.25, 0.3) is 5.91 Å². The molecule has 24 heavy (non-hydrogen) atoms. The van der Waals surface area contributed by atoms with Crippen LogP contribution in [0.5, 0.6) is 0 Å². The lowest BCUT2D eigenvalue weighted by Gasteiger charge is -2.41. The molecule has 0 unspecified atom stereocenters. The molecule has 0 spiro atoms. The summed E-state index contributed by atoms with van der Waals surface area (Å²) < 4.78 is 1.72. The van der Waals surface area contributed by atoms with E-state index in [0.29, 0.717) is 18.5 Å². The highest BCUT2D eigenvalue weighted by Crippen LogP contribution is 2.35. The summed E-state index contributed by atoms with van der Waals surface area (Å²) in [6.45, 7) is 3.90. The van der Waals surface area contributed by atoms with Gasteiger partial charge < -0.3 is 10.4 Å². The number of carboxylic acid groups (broad SMARTS) is 1. The van der Waals surface area contributed by atoms with Gasteiger partial charge in [-0.1, -0.05) is 17.7 Å². The van der Waals surface area contributed by atoms with Gasteiger partial charge in [-0.3, -0.25) is 9.59 Å². The summed E-state index contributed by atoms with van der Waals surface area (Å²) in [5, 5.41) is 16.3. The van der Waals surface area contributed by atoms with Crippen LogP contribution in [0.4, 0.5) is 0 Å². The third kappa shape index (κ3) is 3.18. The average Bonchev–Trinajstić information content (AvgIpc) is 2.87. The van der Waals surface area contributed by atoms with Gasteiger partial charge in [-0.2, -0.15) is 5.10 Å². The Morgan fingerprint density at radius 3 is 2.46 bits per heavy atom. The maximum atomic E-state index is 12.5. The Morgan fingerprint density at radius 1 is 1.25 bits per heavy atom. The summed E-state index contributed by atoms with van der Waals surface area (Å²) in [5.41, 5.74) is 2.59. The number of aliphatic carboxylic acids is 1. The van der Waals surface area contributed by atoms with Crippen LogP contribution in [0.1, 0.15) is 47.4 Å². The molecule has 1 fully saturated rings. The highest BCUT2D eigenvalue weighted by molar-refractivity contribution is 5.93. The number of nitrogens with one attached hydrogen (secondary N) is 1. The van der Waals surface area contributed by atoms with Crippen LogP contribution in [0.3, 0.4) is 0 Å². The molecule has 1 aliphatic carbocycles. The van der Waals surface area contributed by atoms with E-state index in [1.165, 1.54) is 0 Å². The summed E-state index contributed by atoms with van der Waals surface area (Å²) >= 11 is 0. The molecule has 0 saturated heterocycles. The summed E-state index contributed by atoms with van der Waals surface area (Å²) in [6, 6.07) is 9.62. The van der Waals surface area contributed by atoms with E-state index in [1.54, 1.807) is 10.7 Å². The summed E-state index contributed by atoms with van der Waals surface area (Å²) in [7, 11) is 0. The Hall–Kier alpha value is -2.63. The van der Waals surface area contributed by atoms with Gasteiger partial charge >= 0.3 is 5.97 Å². The first kappa shape index (κ1) is 16.2. The monoisotopic (exact) mass is 327 g/mol. The van der Waals surface area contributed by atoms with E-state index >= 15 is 0 Å². The van der Waals surface area contributed by atoms with E-state index in [2.05, 4.69) is 10.4 Å². The molecule has 0 bridgehead atoms. The fourth-order valence-electron chi connectivity index (χ4n) is 3.08. The van der Waals surface area contributed by atoms with Gasteiger partial charge in [0.1, 0.15) is 0 Å². The van der Waals surface area contributed by atoms with Crippen molar-refractivity contribution >= 4 is 11.9 Å². The second-order valence-corrected chi connectivity index (χ2v) is 6.58. The molecule has 6 heteroatoms. The number of amides is 1. The van der Waals surface area contributed by atoms with Gasteiger partial charge in [-0.15, -0.1) is 0 Å². The predicted octanol–water partition coefficient (Wildman–Crippen LogP) is 2.62. The third-order valence-corrected chi connectivity index (χ3v) is 4.58. The van der Waals surface area contributed by atoms with E-state index in [0.717, 1.165) is 23.4 Å². The van der Waals surface area contributed by atoms with Crippen LogP contribution < -0.4 is 5.32 Å². The second-order valence-electron chi connectivity index (χ2n) is 6.58. The number of hydrogen-bond acceptors (Lipinski definition) is 3. The maximum Gasteiger partial charge on any atom is 0.305 e.